The summed E-state index contributed by atoms with van der Waals surface area (Å²) in [4.78, 5) is 29.6. The first kappa shape index (κ1) is 23.4. The Morgan fingerprint density at radius 2 is 1.86 bits per heavy atom. The molecule has 3 heterocycles. The van der Waals surface area contributed by atoms with E-state index < -0.39 is 6.04 Å². The van der Waals surface area contributed by atoms with Gasteiger partial charge in [0.1, 0.15) is 29.7 Å². The lowest BCUT2D eigenvalue weighted by molar-refractivity contribution is -0.126. The fourth-order valence-electron chi connectivity index (χ4n) is 5.88. The molecule has 2 amide bonds. The maximum absolute atomic E-state index is 13.0. The normalized spacial score (nSPS) is 26.5. The Balaban J connectivity index is 1.07. The van der Waals surface area contributed by atoms with Crippen LogP contribution in [0, 0.1) is 0 Å². The van der Waals surface area contributed by atoms with E-state index in [4.69, 9.17) is 21.1 Å². The predicted molar refractivity (Wildman–Crippen MR) is 136 cm³/mol. The van der Waals surface area contributed by atoms with Gasteiger partial charge in [0.15, 0.2) is 0 Å². The number of hydrogen-bond donors (Lipinski definition) is 1. The molecule has 1 N–H and O–H groups in total. The fraction of sp³-hybridized carbons (Fsp3) is 0.429. The zero-order chi connectivity index (χ0) is 24.8. The third-order valence-corrected chi connectivity index (χ3v) is 8.10. The topological polar surface area (TPSA) is 71.1 Å². The van der Waals surface area contributed by atoms with Gasteiger partial charge in [-0.1, -0.05) is 30.3 Å². The molecular formula is C28H30ClN3O4. The van der Waals surface area contributed by atoms with Crippen LogP contribution in [0.25, 0.3) is 0 Å². The molecule has 188 valence electrons. The van der Waals surface area contributed by atoms with Gasteiger partial charge in [0, 0.05) is 36.9 Å². The first-order valence-corrected chi connectivity index (χ1v) is 13.1. The number of allylic oxidation sites excluding steroid dienone is 1. The number of carbonyl (C=O) groups excluding carboxylic acids is 2. The molecule has 6 rings (SSSR count). The number of benzene rings is 2. The van der Waals surface area contributed by atoms with E-state index in [9.17, 15) is 9.59 Å². The van der Waals surface area contributed by atoms with Crippen molar-refractivity contribution in [2.24, 2.45) is 0 Å². The van der Waals surface area contributed by atoms with Crippen molar-refractivity contribution in [3.05, 3.63) is 70.9 Å². The second-order valence-electron chi connectivity index (χ2n) is 10.2. The molecule has 2 aromatic rings. The average molecular weight is 508 g/mol. The number of para-hydroxylation sites is 1. The van der Waals surface area contributed by atoms with Crippen LogP contribution in [-0.4, -0.2) is 59.0 Å². The van der Waals surface area contributed by atoms with Crippen molar-refractivity contribution in [1.82, 2.24) is 15.1 Å². The molecular weight excluding hydrogens is 478 g/mol. The summed E-state index contributed by atoms with van der Waals surface area (Å²) in [7, 11) is 0. The Morgan fingerprint density at radius 3 is 2.67 bits per heavy atom. The molecule has 7 nitrogen and oxygen atoms in total. The molecule has 8 heteroatoms. The molecule has 1 aliphatic carbocycles. The standard InChI is InChI=1S/C28H30ClN3O4/c1-17-9-12-24(27(33)30-17)32-14-18-13-19(10-11-21(18)28(32)34)35-26-8-4-6-23(26)31-15-20(16-31)36-25-7-3-2-5-22(25)29/h2-3,5,7,10-11,13,20,23-24,26H,1,4,6,8-9,12,14-16H2,(H,30,33). The third-order valence-electron chi connectivity index (χ3n) is 7.79. The summed E-state index contributed by atoms with van der Waals surface area (Å²) in [6, 6.07) is 13.2. The van der Waals surface area contributed by atoms with Gasteiger partial charge >= 0.3 is 0 Å². The third kappa shape index (κ3) is 4.35. The first-order valence-electron chi connectivity index (χ1n) is 12.7. The zero-order valence-corrected chi connectivity index (χ0v) is 20.9. The number of likely N-dealkylation sites (tertiary alicyclic amines) is 1. The molecule has 3 unspecified atom stereocenters. The first-order chi connectivity index (χ1) is 17.5. The molecule has 0 radical (unpaired) electrons. The van der Waals surface area contributed by atoms with Gasteiger partial charge in [0.05, 0.1) is 5.02 Å². The number of ether oxygens (including phenoxy) is 2. The van der Waals surface area contributed by atoms with Crippen LogP contribution in [-0.2, 0) is 11.3 Å². The summed E-state index contributed by atoms with van der Waals surface area (Å²) in [5.41, 5.74) is 2.29. The zero-order valence-electron chi connectivity index (χ0n) is 20.1. The van der Waals surface area contributed by atoms with Crippen LogP contribution in [0.15, 0.2) is 54.7 Å². The minimum absolute atomic E-state index is 0.0897. The summed E-state index contributed by atoms with van der Waals surface area (Å²) in [6.07, 6.45) is 4.77. The molecule has 3 atom stereocenters. The van der Waals surface area contributed by atoms with E-state index in [2.05, 4.69) is 16.8 Å². The van der Waals surface area contributed by atoms with Gasteiger partial charge in [-0.3, -0.25) is 14.5 Å². The van der Waals surface area contributed by atoms with Crippen molar-refractivity contribution in [2.45, 2.75) is 62.9 Å². The minimum Gasteiger partial charge on any atom is -0.489 e. The second-order valence-corrected chi connectivity index (χ2v) is 10.6. The number of piperidine rings is 1. The Hall–Kier alpha value is -3.03. The molecule has 4 aliphatic rings. The van der Waals surface area contributed by atoms with Crippen LogP contribution < -0.4 is 14.8 Å². The summed E-state index contributed by atoms with van der Waals surface area (Å²) in [5.74, 6) is 1.28. The molecule has 3 fully saturated rings. The van der Waals surface area contributed by atoms with Gasteiger partial charge in [-0.05, 0) is 68.0 Å². The van der Waals surface area contributed by atoms with Crippen LogP contribution in [0.5, 0.6) is 11.5 Å². The van der Waals surface area contributed by atoms with E-state index in [-0.39, 0.29) is 24.0 Å². The molecule has 3 aliphatic heterocycles. The van der Waals surface area contributed by atoms with Gasteiger partial charge in [0.25, 0.3) is 5.91 Å². The Kier molecular flexibility index (Phi) is 6.13. The quantitative estimate of drug-likeness (QED) is 0.636. The lowest BCUT2D eigenvalue weighted by Crippen LogP contribution is -2.60. The van der Waals surface area contributed by atoms with E-state index in [1.54, 1.807) is 4.90 Å². The Bertz CT molecular complexity index is 1210. The van der Waals surface area contributed by atoms with Crippen molar-refractivity contribution in [3.63, 3.8) is 0 Å². The summed E-state index contributed by atoms with van der Waals surface area (Å²) < 4.78 is 12.5. The van der Waals surface area contributed by atoms with Gasteiger partial charge in [0.2, 0.25) is 5.91 Å². The number of amides is 2. The molecule has 1 saturated carbocycles. The average Bonchev–Trinajstić information content (AvgIpc) is 3.41. The summed E-state index contributed by atoms with van der Waals surface area (Å²) in [6.45, 7) is 5.98. The molecule has 0 aromatic heterocycles. The van der Waals surface area contributed by atoms with Gasteiger partial charge in [-0.25, -0.2) is 0 Å². The van der Waals surface area contributed by atoms with Crippen LogP contribution in [0.1, 0.15) is 48.0 Å². The van der Waals surface area contributed by atoms with E-state index in [0.717, 1.165) is 49.4 Å². The highest BCUT2D eigenvalue weighted by Gasteiger charge is 2.42. The largest absolute Gasteiger partial charge is 0.489 e. The lowest BCUT2D eigenvalue weighted by Gasteiger charge is -2.44. The molecule has 2 aromatic carbocycles. The van der Waals surface area contributed by atoms with Gasteiger partial charge in [-0.15, -0.1) is 0 Å². The number of nitrogens with zero attached hydrogens (tertiary/aromatic N) is 2. The maximum Gasteiger partial charge on any atom is 0.255 e. The van der Waals surface area contributed by atoms with E-state index in [1.165, 1.54) is 0 Å². The van der Waals surface area contributed by atoms with Crippen LogP contribution >= 0.6 is 11.6 Å². The highest BCUT2D eigenvalue weighted by Crippen LogP contribution is 2.35. The molecule has 0 bridgehead atoms. The van der Waals surface area contributed by atoms with Crippen LogP contribution in [0.4, 0.5) is 0 Å². The van der Waals surface area contributed by atoms with E-state index in [0.29, 0.717) is 41.7 Å². The number of hydrogen-bond acceptors (Lipinski definition) is 5. The van der Waals surface area contributed by atoms with Crippen molar-refractivity contribution in [2.75, 3.05) is 13.1 Å². The van der Waals surface area contributed by atoms with E-state index >= 15 is 0 Å². The highest BCUT2D eigenvalue weighted by molar-refractivity contribution is 6.32. The van der Waals surface area contributed by atoms with Crippen molar-refractivity contribution < 1.29 is 19.1 Å². The molecule has 36 heavy (non-hydrogen) atoms. The Morgan fingerprint density at radius 1 is 1.03 bits per heavy atom. The van der Waals surface area contributed by atoms with Crippen LogP contribution in [0.2, 0.25) is 5.02 Å². The Labute approximate surface area is 216 Å². The number of nitrogens with one attached hydrogen (secondary N) is 1. The number of halogens is 1. The van der Waals surface area contributed by atoms with Crippen molar-refractivity contribution in [3.8, 4) is 11.5 Å². The molecule has 0 spiro atoms. The lowest BCUT2D eigenvalue weighted by atomic mass is 10.0. The van der Waals surface area contributed by atoms with Crippen molar-refractivity contribution >= 4 is 23.4 Å². The number of fused-ring (bicyclic) bond motifs is 1. The second kappa shape index (κ2) is 9.45. The van der Waals surface area contributed by atoms with Crippen LogP contribution in [0.3, 0.4) is 0 Å². The SMILES string of the molecule is C=C1CCC(N2Cc3cc(OC4CCCC4N4CC(Oc5ccccc5Cl)C4)ccc3C2=O)C(=O)N1. The van der Waals surface area contributed by atoms with Crippen molar-refractivity contribution in [1.29, 1.82) is 0 Å². The smallest absolute Gasteiger partial charge is 0.255 e. The highest BCUT2D eigenvalue weighted by atomic mass is 35.5. The summed E-state index contributed by atoms with van der Waals surface area (Å²) >= 11 is 6.24. The predicted octanol–water partition coefficient (Wildman–Crippen LogP) is 4.15. The molecule has 2 saturated heterocycles. The van der Waals surface area contributed by atoms with E-state index in [1.807, 2.05) is 42.5 Å². The van der Waals surface area contributed by atoms with Gasteiger partial charge in [-0.2, -0.15) is 0 Å². The maximum atomic E-state index is 13.0. The fourth-order valence-corrected chi connectivity index (χ4v) is 6.06. The summed E-state index contributed by atoms with van der Waals surface area (Å²) in [5, 5.41) is 3.43. The monoisotopic (exact) mass is 507 g/mol. The number of carbonyl (C=O) groups is 2. The minimum atomic E-state index is -0.452. The van der Waals surface area contributed by atoms with Gasteiger partial charge < -0.3 is 19.7 Å². The number of rotatable bonds is 6.